The Morgan fingerprint density at radius 1 is 0.919 bits per heavy atom. The lowest BCUT2D eigenvalue weighted by molar-refractivity contribution is -0.134. The number of rotatable bonds is 7. The van der Waals surface area contributed by atoms with Crippen LogP contribution in [0.1, 0.15) is 34.9 Å². The summed E-state index contributed by atoms with van der Waals surface area (Å²) < 4.78 is 43.7. The van der Waals surface area contributed by atoms with Gasteiger partial charge in [0.15, 0.2) is 0 Å². The molecule has 3 aromatic carbocycles. The molecule has 37 heavy (non-hydrogen) atoms. The molecule has 1 aromatic heterocycles. The summed E-state index contributed by atoms with van der Waals surface area (Å²) >= 11 is 0. The van der Waals surface area contributed by atoms with Gasteiger partial charge in [-0.1, -0.05) is 91.0 Å². The Bertz CT molecular complexity index is 1370. The van der Waals surface area contributed by atoms with Crippen LogP contribution in [0, 0.1) is 6.92 Å². The van der Waals surface area contributed by atoms with Gasteiger partial charge in [0.1, 0.15) is 17.9 Å². The molecule has 190 valence electrons. The van der Waals surface area contributed by atoms with Crippen molar-refractivity contribution in [1.29, 1.82) is 0 Å². The van der Waals surface area contributed by atoms with E-state index in [1.165, 1.54) is 13.1 Å². The van der Waals surface area contributed by atoms with Crippen LogP contribution in [0.25, 0.3) is 0 Å². The van der Waals surface area contributed by atoms with Gasteiger partial charge in [-0.05, 0) is 23.6 Å². The van der Waals surface area contributed by atoms with Gasteiger partial charge in [-0.2, -0.15) is 0 Å². The number of hydrogen-bond donors (Lipinski definition) is 1. The quantitative estimate of drug-likeness (QED) is 0.368. The van der Waals surface area contributed by atoms with E-state index in [4.69, 9.17) is 9.47 Å². The SMILES string of the molecule is Cc1cn([C@H]2CC(F)(F)[C@@H](COC(c3ccccc3)(c3ccccc3)c3ccccc3)O2)c(=O)[nH]c1=O. The summed E-state index contributed by atoms with van der Waals surface area (Å²) in [6.45, 7) is 1.05. The van der Waals surface area contributed by atoms with Crippen LogP contribution in [0.2, 0.25) is 0 Å². The van der Waals surface area contributed by atoms with Gasteiger partial charge in [0.25, 0.3) is 11.5 Å². The van der Waals surface area contributed by atoms with Crippen LogP contribution in [-0.2, 0) is 15.1 Å². The Morgan fingerprint density at radius 2 is 1.41 bits per heavy atom. The van der Waals surface area contributed by atoms with Gasteiger partial charge in [0, 0.05) is 11.8 Å². The van der Waals surface area contributed by atoms with Gasteiger partial charge in [0.2, 0.25) is 0 Å². The van der Waals surface area contributed by atoms with Crippen molar-refractivity contribution >= 4 is 0 Å². The van der Waals surface area contributed by atoms with Gasteiger partial charge in [-0.3, -0.25) is 14.3 Å². The second-order valence-corrected chi connectivity index (χ2v) is 9.11. The molecule has 8 heteroatoms. The number of ether oxygens (including phenoxy) is 2. The summed E-state index contributed by atoms with van der Waals surface area (Å²) in [6.07, 6.45) is -2.34. The van der Waals surface area contributed by atoms with Crippen molar-refractivity contribution in [2.75, 3.05) is 6.61 Å². The zero-order valence-electron chi connectivity index (χ0n) is 20.1. The van der Waals surface area contributed by atoms with Gasteiger partial charge in [-0.15, -0.1) is 0 Å². The van der Waals surface area contributed by atoms with Crippen LogP contribution in [0.4, 0.5) is 8.78 Å². The van der Waals surface area contributed by atoms with Crippen molar-refractivity contribution < 1.29 is 18.3 Å². The van der Waals surface area contributed by atoms with Crippen molar-refractivity contribution in [2.24, 2.45) is 0 Å². The number of aromatic nitrogens is 2. The van der Waals surface area contributed by atoms with Crippen LogP contribution in [-0.4, -0.2) is 28.2 Å². The number of hydrogen-bond acceptors (Lipinski definition) is 4. The zero-order chi connectivity index (χ0) is 26.0. The van der Waals surface area contributed by atoms with E-state index < -0.39 is 48.1 Å². The molecule has 1 saturated heterocycles. The smallest absolute Gasteiger partial charge is 0.330 e. The molecule has 5 rings (SSSR count). The van der Waals surface area contributed by atoms with E-state index in [0.717, 1.165) is 21.3 Å². The molecule has 0 radical (unpaired) electrons. The normalized spacial score (nSPS) is 19.1. The monoisotopic (exact) mass is 504 g/mol. The Labute approximate surface area is 212 Å². The summed E-state index contributed by atoms with van der Waals surface area (Å²) in [6, 6.07) is 28.3. The minimum absolute atomic E-state index is 0.225. The molecule has 0 amide bonds. The molecule has 2 atom stereocenters. The third-order valence-electron chi connectivity index (χ3n) is 6.69. The van der Waals surface area contributed by atoms with E-state index in [9.17, 15) is 9.59 Å². The van der Waals surface area contributed by atoms with E-state index >= 15 is 8.78 Å². The van der Waals surface area contributed by atoms with Gasteiger partial charge < -0.3 is 9.47 Å². The number of aromatic amines is 1. The maximum atomic E-state index is 15.2. The fraction of sp³-hybridized carbons (Fsp3) is 0.241. The molecule has 0 unspecified atom stereocenters. The average Bonchev–Trinajstić information content (AvgIpc) is 3.22. The first-order valence-electron chi connectivity index (χ1n) is 12.0. The van der Waals surface area contributed by atoms with Crippen LogP contribution >= 0.6 is 0 Å². The van der Waals surface area contributed by atoms with Crippen molar-refractivity contribution in [3.63, 3.8) is 0 Å². The standard InChI is InChI=1S/C29H26F2N2O4/c1-20-18-33(27(35)32-26(20)34)25-17-28(30,31)24(37-25)19-36-29(21-11-5-2-6-12-21,22-13-7-3-8-14-22)23-15-9-4-10-16-23/h2-16,18,24-25H,17,19H2,1H3,(H,32,34,35)/t24-,25-/m1/s1. The number of nitrogens with zero attached hydrogens (tertiary/aromatic N) is 1. The Balaban J connectivity index is 1.53. The topological polar surface area (TPSA) is 73.3 Å². The third-order valence-corrected chi connectivity index (χ3v) is 6.69. The van der Waals surface area contributed by atoms with Crippen molar-refractivity contribution in [3.05, 3.63) is 140 Å². The highest BCUT2D eigenvalue weighted by atomic mass is 19.3. The highest BCUT2D eigenvalue weighted by Gasteiger charge is 2.52. The van der Waals surface area contributed by atoms with Gasteiger partial charge in [0.05, 0.1) is 13.0 Å². The molecule has 0 saturated carbocycles. The summed E-state index contributed by atoms with van der Waals surface area (Å²) in [5.41, 5.74) is -0.00248. The third kappa shape index (κ3) is 4.65. The minimum atomic E-state index is -3.27. The fourth-order valence-electron chi connectivity index (χ4n) is 4.80. The molecule has 6 nitrogen and oxygen atoms in total. The predicted molar refractivity (Wildman–Crippen MR) is 135 cm³/mol. The van der Waals surface area contributed by atoms with Crippen molar-refractivity contribution in [2.45, 2.75) is 37.2 Å². The van der Waals surface area contributed by atoms with Crippen LogP contribution in [0.3, 0.4) is 0 Å². The first-order chi connectivity index (χ1) is 17.8. The van der Waals surface area contributed by atoms with Crippen molar-refractivity contribution in [1.82, 2.24) is 9.55 Å². The number of H-pyrrole nitrogens is 1. The molecular formula is C29H26F2N2O4. The van der Waals surface area contributed by atoms with Crippen LogP contribution < -0.4 is 11.2 Å². The average molecular weight is 505 g/mol. The lowest BCUT2D eigenvalue weighted by atomic mass is 9.80. The Hall–Kier alpha value is -3.88. The molecule has 0 spiro atoms. The molecule has 0 bridgehead atoms. The fourth-order valence-corrected chi connectivity index (χ4v) is 4.80. The van der Waals surface area contributed by atoms with E-state index in [0.29, 0.717) is 0 Å². The number of halogens is 2. The summed E-state index contributed by atoms with van der Waals surface area (Å²) in [5, 5.41) is 0. The lowest BCUT2D eigenvalue weighted by Gasteiger charge is -2.37. The zero-order valence-corrected chi connectivity index (χ0v) is 20.1. The molecule has 0 aliphatic carbocycles. The molecule has 1 fully saturated rings. The van der Waals surface area contributed by atoms with E-state index in [2.05, 4.69) is 4.98 Å². The Morgan fingerprint density at radius 3 is 1.89 bits per heavy atom. The predicted octanol–water partition coefficient (Wildman–Crippen LogP) is 4.78. The maximum Gasteiger partial charge on any atom is 0.330 e. The maximum absolute atomic E-state index is 15.2. The molecule has 1 N–H and O–H groups in total. The number of aryl methyl sites for hydroxylation is 1. The summed E-state index contributed by atoms with van der Waals surface area (Å²) in [5.74, 6) is -3.27. The van der Waals surface area contributed by atoms with Gasteiger partial charge in [-0.25, -0.2) is 13.6 Å². The van der Waals surface area contributed by atoms with Crippen molar-refractivity contribution in [3.8, 4) is 0 Å². The molecule has 1 aliphatic heterocycles. The molecule has 2 heterocycles. The van der Waals surface area contributed by atoms with E-state index in [1.54, 1.807) is 0 Å². The molecule has 1 aliphatic rings. The summed E-state index contributed by atoms with van der Waals surface area (Å²) in [4.78, 5) is 26.2. The number of nitrogens with one attached hydrogen (secondary N) is 1. The largest absolute Gasteiger partial charge is 0.358 e. The van der Waals surface area contributed by atoms with Gasteiger partial charge >= 0.3 is 5.69 Å². The highest BCUT2D eigenvalue weighted by molar-refractivity contribution is 5.47. The number of benzene rings is 3. The van der Waals surface area contributed by atoms with E-state index in [-0.39, 0.29) is 5.56 Å². The van der Waals surface area contributed by atoms with Crippen LogP contribution in [0.15, 0.2) is 107 Å². The minimum Gasteiger partial charge on any atom is -0.358 e. The second kappa shape index (κ2) is 9.88. The first kappa shape index (κ1) is 24.8. The molecular weight excluding hydrogens is 478 g/mol. The Kier molecular flexibility index (Phi) is 6.62. The highest BCUT2D eigenvalue weighted by Crippen LogP contribution is 2.44. The first-order valence-corrected chi connectivity index (χ1v) is 12.0. The second-order valence-electron chi connectivity index (χ2n) is 9.11. The van der Waals surface area contributed by atoms with E-state index in [1.807, 2.05) is 91.0 Å². The van der Waals surface area contributed by atoms with Crippen LogP contribution in [0.5, 0.6) is 0 Å². The summed E-state index contributed by atoms with van der Waals surface area (Å²) in [7, 11) is 0. The molecule has 4 aromatic rings. The number of alkyl halides is 2. The lowest BCUT2D eigenvalue weighted by Crippen LogP contribution is -2.40.